The third kappa shape index (κ3) is 4.90. The summed E-state index contributed by atoms with van der Waals surface area (Å²) in [5, 5.41) is 3.25. The number of aromatic nitrogens is 2. The van der Waals surface area contributed by atoms with Crippen LogP contribution in [0.3, 0.4) is 0 Å². The smallest absolute Gasteiger partial charge is 0.318 e. The number of aryl methyl sites for hydroxylation is 1. The molecule has 1 unspecified atom stereocenters. The molecule has 1 N–H and O–H groups in total. The summed E-state index contributed by atoms with van der Waals surface area (Å²) in [6, 6.07) is 9.06. The highest BCUT2D eigenvalue weighted by atomic mass is 16.5. The molecule has 8 nitrogen and oxygen atoms in total. The molecule has 166 valence electrons. The van der Waals surface area contributed by atoms with Crippen molar-refractivity contribution in [2.75, 3.05) is 39.4 Å². The maximum atomic E-state index is 13.1. The fraction of sp³-hybridized carbons (Fsp3) is 0.522. The number of hydrogen-bond donors (Lipinski definition) is 1. The Morgan fingerprint density at radius 2 is 1.77 bits per heavy atom. The van der Waals surface area contributed by atoms with Crippen molar-refractivity contribution in [2.45, 2.75) is 32.4 Å². The fourth-order valence-corrected chi connectivity index (χ4v) is 4.41. The maximum absolute atomic E-state index is 13.1. The minimum atomic E-state index is -0.143. The number of piperazine rings is 1. The first-order valence-corrected chi connectivity index (χ1v) is 11.2. The Bertz CT molecular complexity index is 870. The number of carbonyl (C=O) groups excluding carboxylic acids is 2. The van der Waals surface area contributed by atoms with E-state index in [-0.39, 0.29) is 18.0 Å². The molecule has 1 aromatic carbocycles. The molecular weight excluding hydrogens is 394 g/mol. The van der Waals surface area contributed by atoms with Gasteiger partial charge in [0, 0.05) is 63.9 Å². The highest BCUT2D eigenvalue weighted by molar-refractivity contribution is 5.94. The zero-order valence-corrected chi connectivity index (χ0v) is 18.1. The van der Waals surface area contributed by atoms with Crippen LogP contribution in [0.2, 0.25) is 0 Å². The summed E-state index contributed by atoms with van der Waals surface area (Å²) >= 11 is 0. The van der Waals surface area contributed by atoms with Crippen LogP contribution in [-0.4, -0.2) is 70.7 Å². The van der Waals surface area contributed by atoms with Crippen LogP contribution in [0.4, 0.5) is 4.79 Å². The lowest BCUT2D eigenvalue weighted by Crippen LogP contribution is -2.54. The molecule has 2 fully saturated rings. The van der Waals surface area contributed by atoms with Gasteiger partial charge in [-0.15, -0.1) is 0 Å². The van der Waals surface area contributed by atoms with Gasteiger partial charge in [-0.1, -0.05) is 18.2 Å². The quantitative estimate of drug-likeness (QED) is 0.798. The largest absolute Gasteiger partial charge is 0.381 e. The molecule has 2 saturated heterocycles. The zero-order chi connectivity index (χ0) is 21.6. The minimum absolute atomic E-state index is 0.0192. The van der Waals surface area contributed by atoms with Gasteiger partial charge in [0.15, 0.2) is 0 Å². The standard InChI is InChI=1S/C23H31N5O3/c1-2-26-11-10-24-21(26)20(18-8-16-31-17-9-18)25-23(30)28-14-12-27(13-15-28)22(29)19-6-4-3-5-7-19/h3-7,10-11,18,20H,2,8-9,12-17H2,1H3,(H,25,30). The second-order valence-corrected chi connectivity index (χ2v) is 8.09. The Kier molecular flexibility index (Phi) is 6.86. The summed E-state index contributed by atoms with van der Waals surface area (Å²) in [5.74, 6) is 1.22. The lowest BCUT2D eigenvalue weighted by Gasteiger charge is -2.37. The molecule has 0 saturated carbocycles. The van der Waals surface area contributed by atoms with Gasteiger partial charge in [-0.25, -0.2) is 9.78 Å². The molecule has 3 heterocycles. The molecule has 2 aliphatic heterocycles. The SMILES string of the molecule is CCn1ccnc1C(NC(=O)N1CCN(C(=O)c2ccccc2)CC1)C1CCOCC1. The molecular formula is C23H31N5O3. The van der Waals surface area contributed by atoms with Gasteiger partial charge < -0.3 is 24.4 Å². The van der Waals surface area contributed by atoms with Crippen LogP contribution < -0.4 is 5.32 Å². The number of urea groups is 1. The predicted molar refractivity (Wildman–Crippen MR) is 117 cm³/mol. The van der Waals surface area contributed by atoms with Crippen molar-refractivity contribution in [3.05, 3.63) is 54.1 Å². The number of benzene rings is 1. The molecule has 2 aromatic rings. The van der Waals surface area contributed by atoms with Crippen LogP contribution in [0, 0.1) is 5.92 Å². The van der Waals surface area contributed by atoms with Crippen molar-refractivity contribution in [1.82, 2.24) is 24.7 Å². The first-order valence-electron chi connectivity index (χ1n) is 11.2. The Morgan fingerprint density at radius 1 is 1.10 bits per heavy atom. The summed E-state index contributed by atoms with van der Waals surface area (Å²) < 4.78 is 7.62. The second-order valence-electron chi connectivity index (χ2n) is 8.09. The highest BCUT2D eigenvalue weighted by Crippen LogP contribution is 2.29. The zero-order valence-electron chi connectivity index (χ0n) is 18.1. The van der Waals surface area contributed by atoms with Crippen molar-refractivity contribution in [1.29, 1.82) is 0 Å². The van der Waals surface area contributed by atoms with E-state index in [1.165, 1.54) is 0 Å². The number of rotatable bonds is 5. The van der Waals surface area contributed by atoms with E-state index in [1.807, 2.05) is 41.4 Å². The van der Waals surface area contributed by atoms with Gasteiger partial charge in [0.05, 0.1) is 6.04 Å². The number of imidazole rings is 1. The first kappa shape index (κ1) is 21.4. The van der Waals surface area contributed by atoms with Crippen LogP contribution in [0.15, 0.2) is 42.7 Å². The Hall–Kier alpha value is -2.87. The summed E-state index contributed by atoms with van der Waals surface area (Å²) in [6.07, 6.45) is 5.56. The molecule has 8 heteroatoms. The van der Waals surface area contributed by atoms with Gasteiger partial charge in [0.2, 0.25) is 0 Å². The van der Waals surface area contributed by atoms with Crippen molar-refractivity contribution >= 4 is 11.9 Å². The van der Waals surface area contributed by atoms with Crippen LogP contribution in [0.25, 0.3) is 0 Å². The Labute approximate surface area is 183 Å². The monoisotopic (exact) mass is 425 g/mol. The third-order valence-corrected chi connectivity index (χ3v) is 6.26. The highest BCUT2D eigenvalue weighted by Gasteiger charge is 2.32. The molecule has 1 atom stereocenters. The van der Waals surface area contributed by atoms with Crippen molar-refractivity contribution in [3.63, 3.8) is 0 Å². The van der Waals surface area contributed by atoms with Gasteiger partial charge in [-0.2, -0.15) is 0 Å². The van der Waals surface area contributed by atoms with Crippen LogP contribution in [-0.2, 0) is 11.3 Å². The minimum Gasteiger partial charge on any atom is -0.381 e. The predicted octanol–water partition coefficient (Wildman–Crippen LogP) is 2.54. The van der Waals surface area contributed by atoms with E-state index >= 15 is 0 Å². The second kappa shape index (κ2) is 9.96. The summed E-state index contributed by atoms with van der Waals surface area (Å²) in [4.78, 5) is 34.0. The van der Waals surface area contributed by atoms with Crippen molar-refractivity contribution in [3.8, 4) is 0 Å². The fourth-order valence-electron chi connectivity index (χ4n) is 4.41. The molecule has 31 heavy (non-hydrogen) atoms. The summed E-state index contributed by atoms with van der Waals surface area (Å²) in [5.41, 5.74) is 0.686. The number of nitrogens with one attached hydrogen (secondary N) is 1. The molecule has 1 aromatic heterocycles. The summed E-state index contributed by atoms with van der Waals surface area (Å²) in [6.45, 7) is 6.43. The Balaban J connectivity index is 1.39. The first-order chi connectivity index (χ1) is 15.2. The van der Waals surface area contributed by atoms with Crippen LogP contribution in [0.1, 0.15) is 42.0 Å². The number of carbonyl (C=O) groups is 2. The lowest BCUT2D eigenvalue weighted by atomic mass is 9.91. The molecule has 4 rings (SSSR count). The molecule has 3 amide bonds. The van der Waals surface area contributed by atoms with Gasteiger partial charge in [-0.05, 0) is 37.8 Å². The topological polar surface area (TPSA) is 79.7 Å². The maximum Gasteiger partial charge on any atom is 0.318 e. The van der Waals surface area contributed by atoms with E-state index in [4.69, 9.17) is 4.74 Å². The molecule has 0 radical (unpaired) electrons. The normalized spacial score (nSPS) is 18.6. The van der Waals surface area contributed by atoms with Gasteiger partial charge in [0.1, 0.15) is 5.82 Å². The average molecular weight is 426 g/mol. The van der Waals surface area contributed by atoms with E-state index in [0.29, 0.717) is 50.9 Å². The third-order valence-electron chi connectivity index (χ3n) is 6.26. The van der Waals surface area contributed by atoms with Crippen LogP contribution in [0.5, 0.6) is 0 Å². The van der Waals surface area contributed by atoms with Gasteiger partial charge >= 0.3 is 6.03 Å². The molecule has 0 aliphatic carbocycles. The Morgan fingerprint density at radius 3 is 2.45 bits per heavy atom. The van der Waals surface area contributed by atoms with E-state index in [1.54, 1.807) is 11.1 Å². The number of amides is 3. The van der Waals surface area contributed by atoms with E-state index in [9.17, 15) is 9.59 Å². The molecule has 0 bridgehead atoms. The number of nitrogens with zero attached hydrogens (tertiary/aromatic N) is 4. The molecule has 0 spiro atoms. The average Bonchev–Trinajstić information content (AvgIpc) is 3.31. The van der Waals surface area contributed by atoms with Gasteiger partial charge in [0.25, 0.3) is 5.91 Å². The lowest BCUT2D eigenvalue weighted by molar-refractivity contribution is 0.0510. The van der Waals surface area contributed by atoms with E-state index in [2.05, 4.69) is 21.8 Å². The van der Waals surface area contributed by atoms with E-state index < -0.39 is 0 Å². The van der Waals surface area contributed by atoms with Gasteiger partial charge in [-0.3, -0.25) is 4.79 Å². The van der Waals surface area contributed by atoms with Crippen molar-refractivity contribution < 1.29 is 14.3 Å². The van der Waals surface area contributed by atoms with E-state index in [0.717, 1.165) is 25.2 Å². The molecule has 2 aliphatic rings. The van der Waals surface area contributed by atoms with Crippen LogP contribution >= 0.6 is 0 Å². The number of ether oxygens (including phenoxy) is 1. The number of hydrogen-bond acceptors (Lipinski definition) is 4. The summed E-state index contributed by atoms with van der Waals surface area (Å²) in [7, 11) is 0. The van der Waals surface area contributed by atoms with Crippen molar-refractivity contribution in [2.24, 2.45) is 5.92 Å².